The third kappa shape index (κ3) is 5.12. The van der Waals surface area contributed by atoms with Gasteiger partial charge in [-0.3, -0.25) is 0 Å². The van der Waals surface area contributed by atoms with Crippen molar-refractivity contribution in [2.45, 2.75) is 13.8 Å². The van der Waals surface area contributed by atoms with Gasteiger partial charge in [-0.25, -0.2) is 0 Å². The lowest BCUT2D eigenvalue weighted by molar-refractivity contribution is 1.12. The number of hydrogen-bond acceptors (Lipinski definition) is 2. The van der Waals surface area contributed by atoms with E-state index in [1.807, 2.05) is 12.1 Å². The van der Waals surface area contributed by atoms with Gasteiger partial charge in [0.2, 0.25) is 0 Å². The molecule has 8 aromatic carbocycles. The first-order chi connectivity index (χ1) is 27.5. The van der Waals surface area contributed by atoms with Gasteiger partial charge in [0, 0.05) is 38.4 Å². The average Bonchev–Trinajstić information content (AvgIpc) is 3.75. The Hall–Kier alpha value is -7.66. The van der Waals surface area contributed by atoms with Gasteiger partial charge in [0.1, 0.15) is 0 Å². The van der Waals surface area contributed by atoms with Gasteiger partial charge >= 0.3 is 0 Å². The molecule has 0 aliphatic carbocycles. The Morgan fingerprint density at radius 2 is 1.00 bits per heavy atom. The minimum atomic E-state index is 0.457. The summed E-state index contributed by atoms with van der Waals surface area (Å²) in [6.07, 6.45) is 0. The monoisotopic (exact) mass is 714 g/mol. The van der Waals surface area contributed by atoms with Gasteiger partial charge in [-0.1, -0.05) is 115 Å². The largest absolute Gasteiger partial charge is 0.309 e. The van der Waals surface area contributed by atoms with Crippen LogP contribution in [0.5, 0.6) is 0 Å². The summed E-state index contributed by atoms with van der Waals surface area (Å²) in [6, 6.07) is 64.3. The Morgan fingerprint density at radius 1 is 0.411 bits per heavy atom. The molecule has 0 N–H and O–H groups in total. The standard InChI is InChI=1S/C52H34N4/c1-33-12-11-13-34(2)51(33)56-48-19-10-9-18-43(48)47-30-41(29-46(52(47)56)42-23-20-35(31-53)26-40(42)32-54)55-49-24-21-38(36-14-5-3-6-15-36)27-44(49)45-28-39(22-25-50(45)55)37-16-7-4-8-17-37/h3-30H,1-2H3. The van der Waals surface area contributed by atoms with Crippen LogP contribution in [-0.4, -0.2) is 9.13 Å². The number of fused-ring (bicyclic) bond motifs is 6. The Balaban J connectivity index is 1.35. The minimum absolute atomic E-state index is 0.457. The molecule has 0 spiro atoms. The summed E-state index contributed by atoms with van der Waals surface area (Å²) in [4.78, 5) is 0. The minimum Gasteiger partial charge on any atom is -0.309 e. The fraction of sp³-hybridized carbons (Fsp3) is 0.0385. The van der Waals surface area contributed by atoms with E-state index in [1.54, 1.807) is 6.07 Å². The van der Waals surface area contributed by atoms with Crippen LogP contribution in [-0.2, 0) is 0 Å². The Bertz CT molecular complexity index is 3160. The number of rotatable bonds is 5. The van der Waals surface area contributed by atoms with E-state index in [9.17, 15) is 10.5 Å². The van der Waals surface area contributed by atoms with Crippen LogP contribution in [0.3, 0.4) is 0 Å². The molecule has 0 fully saturated rings. The van der Waals surface area contributed by atoms with Crippen molar-refractivity contribution in [3.8, 4) is 56.9 Å². The third-order valence-corrected chi connectivity index (χ3v) is 11.2. The first kappa shape index (κ1) is 32.9. The van der Waals surface area contributed by atoms with Crippen LogP contribution in [0.15, 0.2) is 170 Å². The van der Waals surface area contributed by atoms with Gasteiger partial charge in [-0.2, -0.15) is 10.5 Å². The molecule has 4 nitrogen and oxygen atoms in total. The van der Waals surface area contributed by atoms with Crippen molar-refractivity contribution < 1.29 is 0 Å². The molecule has 0 atom stereocenters. The Kier molecular flexibility index (Phi) is 7.66. The van der Waals surface area contributed by atoms with E-state index < -0.39 is 0 Å². The maximum absolute atomic E-state index is 10.6. The van der Waals surface area contributed by atoms with Crippen molar-refractivity contribution in [3.63, 3.8) is 0 Å². The highest BCUT2D eigenvalue weighted by Crippen LogP contribution is 2.44. The Morgan fingerprint density at radius 3 is 1.61 bits per heavy atom. The highest BCUT2D eigenvalue weighted by molar-refractivity contribution is 6.16. The summed E-state index contributed by atoms with van der Waals surface area (Å²) in [7, 11) is 0. The van der Waals surface area contributed by atoms with Crippen molar-refractivity contribution in [2.24, 2.45) is 0 Å². The molecular weight excluding hydrogens is 681 g/mol. The second-order valence-corrected chi connectivity index (χ2v) is 14.5. The van der Waals surface area contributed by atoms with Crippen LogP contribution in [0, 0.1) is 36.5 Å². The summed E-state index contributed by atoms with van der Waals surface area (Å²) in [5.41, 5.74) is 16.0. The maximum atomic E-state index is 10.6. The molecule has 0 amide bonds. The van der Waals surface area contributed by atoms with Crippen molar-refractivity contribution in [1.82, 2.24) is 9.13 Å². The summed E-state index contributed by atoms with van der Waals surface area (Å²) in [6.45, 7) is 4.32. The second kappa shape index (κ2) is 13.0. The third-order valence-electron chi connectivity index (χ3n) is 11.2. The molecule has 0 unspecified atom stereocenters. The SMILES string of the molecule is Cc1cccc(C)c1-n1c2ccccc2c2cc(-n3c4ccc(-c5ccccc5)cc4c4cc(-c5ccccc5)ccc43)cc(-c3ccc(C#N)cc3C#N)c21. The number of nitriles is 2. The second-order valence-electron chi connectivity index (χ2n) is 14.5. The van der Waals surface area contributed by atoms with Crippen LogP contribution in [0.4, 0.5) is 0 Å². The van der Waals surface area contributed by atoms with Crippen molar-refractivity contribution in [1.29, 1.82) is 10.5 Å². The fourth-order valence-electron chi connectivity index (χ4n) is 8.67. The molecule has 0 aliphatic heterocycles. The van der Waals surface area contributed by atoms with E-state index in [0.717, 1.165) is 88.4 Å². The van der Waals surface area contributed by atoms with Gasteiger partial charge in [0.05, 0.1) is 51.0 Å². The van der Waals surface area contributed by atoms with E-state index >= 15 is 0 Å². The van der Waals surface area contributed by atoms with Crippen LogP contribution in [0.25, 0.3) is 88.4 Å². The summed E-state index contributed by atoms with van der Waals surface area (Å²) >= 11 is 0. The summed E-state index contributed by atoms with van der Waals surface area (Å²) in [5, 5.41) is 25.0. The molecule has 0 saturated carbocycles. The van der Waals surface area contributed by atoms with Crippen LogP contribution in [0.1, 0.15) is 22.3 Å². The van der Waals surface area contributed by atoms with Gasteiger partial charge in [-0.05, 0) is 102 Å². The molecule has 10 aromatic rings. The molecule has 0 radical (unpaired) electrons. The van der Waals surface area contributed by atoms with Gasteiger partial charge < -0.3 is 9.13 Å². The molecule has 10 rings (SSSR count). The predicted octanol–water partition coefficient (Wildman–Crippen LogP) is 13.2. The number of aryl methyl sites for hydroxylation is 2. The number of benzene rings is 8. The van der Waals surface area contributed by atoms with Crippen LogP contribution >= 0.6 is 0 Å². The topological polar surface area (TPSA) is 57.4 Å². The quantitative estimate of drug-likeness (QED) is 0.178. The number of para-hydroxylation sites is 2. The first-order valence-electron chi connectivity index (χ1n) is 18.8. The van der Waals surface area contributed by atoms with Crippen molar-refractivity contribution in [3.05, 3.63) is 192 Å². The average molecular weight is 715 g/mol. The van der Waals surface area contributed by atoms with Gasteiger partial charge in [0.25, 0.3) is 0 Å². The molecule has 4 heteroatoms. The lowest BCUT2D eigenvalue weighted by atomic mass is 9.95. The highest BCUT2D eigenvalue weighted by atomic mass is 15.0. The number of hydrogen-bond donors (Lipinski definition) is 0. The molecule has 0 bridgehead atoms. The first-order valence-corrected chi connectivity index (χ1v) is 18.8. The van der Waals surface area contributed by atoms with Crippen LogP contribution < -0.4 is 0 Å². The number of nitrogens with zero attached hydrogens (tertiary/aromatic N) is 4. The maximum Gasteiger partial charge on any atom is 0.0998 e. The van der Waals surface area contributed by atoms with E-state index in [0.29, 0.717) is 11.1 Å². The molecule has 2 heterocycles. The smallest absolute Gasteiger partial charge is 0.0998 e. The number of aromatic nitrogens is 2. The van der Waals surface area contributed by atoms with E-state index in [1.165, 1.54) is 11.1 Å². The zero-order valence-corrected chi connectivity index (χ0v) is 31.0. The summed E-state index contributed by atoms with van der Waals surface area (Å²) < 4.78 is 4.75. The van der Waals surface area contributed by atoms with Crippen molar-refractivity contribution in [2.75, 3.05) is 0 Å². The molecule has 0 aliphatic rings. The lowest BCUT2D eigenvalue weighted by Crippen LogP contribution is -2.02. The molecule has 56 heavy (non-hydrogen) atoms. The molecular formula is C52H34N4. The van der Waals surface area contributed by atoms with Crippen LogP contribution in [0.2, 0.25) is 0 Å². The summed E-state index contributed by atoms with van der Waals surface area (Å²) in [5.74, 6) is 0. The normalized spacial score (nSPS) is 11.4. The van der Waals surface area contributed by atoms with E-state index in [-0.39, 0.29) is 0 Å². The fourth-order valence-corrected chi connectivity index (χ4v) is 8.67. The van der Waals surface area contributed by atoms with E-state index in [4.69, 9.17) is 0 Å². The predicted molar refractivity (Wildman–Crippen MR) is 230 cm³/mol. The zero-order chi connectivity index (χ0) is 37.9. The Labute approximate surface area is 325 Å². The highest BCUT2D eigenvalue weighted by Gasteiger charge is 2.23. The molecule has 262 valence electrons. The van der Waals surface area contributed by atoms with Gasteiger partial charge in [0.15, 0.2) is 0 Å². The zero-order valence-electron chi connectivity index (χ0n) is 31.0. The lowest BCUT2D eigenvalue weighted by Gasteiger charge is -2.18. The molecule has 0 saturated heterocycles. The van der Waals surface area contributed by atoms with E-state index in [2.05, 4.69) is 187 Å². The molecule has 2 aromatic heterocycles. The van der Waals surface area contributed by atoms with Gasteiger partial charge in [-0.15, -0.1) is 0 Å². The van der Waals surface area contributed by atoms with Crippen molar-refractivity contribution >= 4 is 43.6 Å².